The topological polar surface area (TPSA) is 71.6 Å². The van der Waals surface area contributed by atoms with Crippen molar-refractivity contribution in [1.29, 1.82) is 0 Å². The number of aromatic nitrogens is 1. The van der Waals surface area contributed by atoms with Crippen LogP contribution in [0.3, 0.4) is 0 Å². The SMILES string of the molecule is CC(=NN(C)c1ncccc1[N+](=O)[O-])c1ccc(F)c(F)c1. The third kappa shape index (κ3) is 3.22. The fourth-order valence-electron chi connectivity index (χ4n) is 1.83. The molecule has 8 heteroatoms. The molecule has 0 unspecified atom stereocenters. The third-order valence-corrected chi connectivity index (χ3v) is 2.91. The summed E-state index contributed by atoms with van der Waals surface area (Å²) in [6, 6.07) is 6.13. The first-order chi connectivity index (χ1) is 10.4. The van der Waals surface area contributed by atoms with Crippen LogP contribution >= 0.6 is 0 Å². The second-order valence-electron chi connectivity index (χ2n) is 4.44. The number of anilines is 1. The molecule has 0 aliphatic rings. The molecular formula is C14H12F2N4O2. The summed E-state index contributed by atoms with van der Waals surface area (Å²) in [6.07, 6.45) is 1.40. The van der Waals surface area contributed by atoms with E-state index < -0.39 is 16.6 Å². The quantitative estimate of drug-likeness (QED) is 0.494. The fourth-order valence-corrected chi connectivity index (χ4v) is 1.83. The Morgan fingerprint density at radius 3 is 2.68 bits per heavy atom. The van der Waals surface area contributed by atoms with Crippen molar-refractivity contribution in [2.75, 3.05) is 12.1 Å². The Balaban J connectivity index is 2.35. The van der Waals surface area contributed by atoms with Gasteiger partial charge < -0.3 is 0 Å². The van der Waals surface area contributed by atoms with Gasteiger partial charge in [-0.05, 0) is 31.2 Å². The number of nitro groups is 1. The van der Waals surface area contributed by atoms with Crippen LogP contribution in [0, 0.1) is 21.7 Å². The van der Waals surface area contributed by atoms with Crippen LogP contribution in [0.4, 0.5) is 20.3 Å². The van der Waals surface area contributed by atoms with Gasteiger partial charge in [-0.25, -0.2) is 18.8 Å². The van der Waals surface area contributed by atoms with E-state index in [1.54, 1.807) is 6.92 Å². The second-order valence-corrected chi connectivity index (χ2v) is 4.44. The van der Waals surface area contributed by atoms with Crippen LogP contribution in [-0.2, 0) is 0 Å². The molecule has 6 nitrogen and oxygen atoms in total. The Bertz CT molecular complexity index is 749. The summed E-state index contributed by atoms with van der Waals surface area (Å²) in [5.74, 6) is -1.89. The van der Waals surface area contributed by atoms with Gasteiger partial charge in [0, 0.05) is 24.9 Å². The summed E-state index contributed by atoms with van der Waals surface area (Å²) in [5.41, 5.74) is 0.525. The summed E-state index contributed by atoms with van der Waals surface area (Å²) >= 11 is 0. The normalized spacial score (nSPS) is 11.4. The Hall–Kier alpha value is -2.90. The molecule has 0 bridgehead atoms. The largest absolute Gasteiger partial charge is 0.313 e. The molecule has 1 aromatic heterocycles. The van der Waals surface area contributed by atoms with Crippen LogP contribution in [0.15, 0.2) is 41.6 Å². The molecule has 0 spiro atoms. The zero-order valence-corrected chi connectivity index (χ0v) is 11.8. The van der Waals surface area contributed by atoms with Gasteiger partial charge in [0.25, 0.3) is 0 Å². The Morgan fingerprint density at radius 2 is 2.05 bits per heavy atom. The zero-order chi connectivity index (χ0) is 16.3. The van der Waals surface area contributed by atoms with Crippen molar-refractivity contribution in [2.24, 2.45) is 5.10 Å². The molecule has 0 saturated heterocycles. The molecule has 0 atom stereocenters. The lowest BCUT2D eigenvalue weighted by Crippen LogP contribution is -2.15. The fraction of sp³-hybridized carbons (Fsp3) is 0.143. The number of hydrazone groups is 1. The van der Waals surface area contributed by atoms with Crippen molar-refractivity contribution >= 4 is 17.2 Å². The van der Waals surface area contributed by atoms with Gasteiger partial charge in [-0.15, -0.1) is 0 Å². The number of hydrogen-bond donors (Lipinski definition) is 0. The first kappa shape index (κ1) is 15.5. The standard InChI is InChI=1S/C14H12F2N4O2/c1-9(10-5-6-11(15)12(16)8-10)18-19(2)14-13(20(21)22)4-3-7-17-14/h3-8H,1-2H3. The highest BCUT2D eigenvalue weighted by Crippen LogP contribution is 2.24. The van der Waals surface area contributed by atoms with E-state index >= 15 is 0 Å². The average molecular weight is 306 g/mol. The van der Waals surface area contributed by atoms with Gasteiger partial charge in [-0.1, -0.05) is 0 Å². The van der Waals surface area contributed by atoms with Crippen LogP contribution in [0.1, 0.15) is 12.5 Å². The minimum atomic E-state index is -0.987. The summed E-state index contributed by atoms with van der Waals surface area (Å²) in [4.78, 5) is 14.3. The van der Waals surface area contributed by atoms with Gasteiger partial charge in [0.15, 0.2) is 11.6 Å². The molecule has 22 heavy (non-hydrogen) atoms. The van der Waals surface area contributed by atoms with Crippen molar-refractivity contribution in [3.63, 3.8) is 0 Å². The van der Waals surface area contributed by atoms with Crippen LogP contribution in [0.25, 0.3) is 0 Å². The maximum absolute atomic E-state index is 13.2. The summed E-state index contributed by atoms with van der Waals surface area (Å²) < 4.78 is 26.1. The van der Waals surface area contributed by atoms with Gasteiger partial charge in [0.2, 0.25) is 5.82 Å². The summed E-state index contributed by atoms with van der Waals surface area (Å²) in [5, 5.41) is 16.3. The molecule has 0 aliphatic heterocycles. The van der Waals surface area contributed by atoms with E-state index in [9.17, 15) is 18.9 Å². The molecule has 0 aliphatic carbocycles. The summed E-state index contributed by atoms with van der Waals surface area (Å²) in [7, 11) is 1.48. The minimum absolute atomic E-state index is 0.0504. The van der Waals surface area contributed by atoms with E-state index in [4.69, 9.17) is 0 Å². The number of hydrogen-bond acceptors (Lipinski definition) is 5. The highest BCUT2D eigenvalue weighted by Gasteiger charge is 2.18. The van der Waals surface area contributed by atoms with Gasteiger partial charge >= 0.3 is 5.69 Å². The first-order valence-electron chi connectivity index (χ1n) is 6.24. The van der Waals surface area contributed by atoms with Gasteiger partial charge in [0.1, 0.15) is 0 Å². The van der Waals surface area contributed by atoms with Crippen molar-refractivity contribution in [3.05, 3.63) is 63.8 Å². The average Bonchev–Trinajstić information content (AvgIpc) is 2.49. The Labute approximate surface area is 124 Å². The van der Waals surface area contributed by atoms with E-state index in [1.807, 2.05) is 0 Å². The van der Waals surface area contributed by atoms with Gasteiger partial charge in [-0.2, -0.15) is 5.10 Å². The molecule has 0 amide bonds. The van der Waals surface area contributed by atoms with Crippen LogP contribution in [-0.4, -0.2) is 22.7 Å². The molecule has 1 heterocycles. The predicted octanol–water partition coefficient (Wildman–Crippen LogP) is 3.13. The van der Waals surface area contributed by atoms with Crippen molar-refractivity contribution in [1.82, 2.24) is 4.98 Å². The summed E-state index contributed by atoms with van der Waals surface area (Å²) in [6.45, 7) is 1.58. The molecule has 0 saturated carbocycles. The van der Waals surface area contributed by atoms with Gasteiger partial charge in [-0.3, -0.25) is 10.1 Å². The number of benzene rings is 1. The molecular weight excluding hydrogens is 294 g/mol. The highest BCUT2D eigenvalue weighted by atomic mass is 19.2. The number of nitrogens with zero attached hydrogens (tertiary/aromatic N) is 4. The second kappa shape index (κ2) is 6.25. The molecule has 0 N–H and O–H groups in total. The van der Waals surface area contributed by atoms with Crippen LogP contribution < -0.4 is 5.01 Å². The van der Waals surface area contributed by atoms with E-state index in [0.717, 1.165) is 12.1 Å². The van der Waals surface area contributed by atoms with E-state index in [0.29, 0.717) is 11.3 Å². The minimum Gasteiger partial charge on any atom is -0.258 e. The molecule has 0 radical (unpaired) electrons. The lowest BCUT2D eigenvalue weighted by Gasteiger charge is -2.13. The van der Waals surface area contributed by atoms with Crippen LogP contribution in [0.5, 0.6) is 0 Å². The molecule has 2 aromatic rings. The van der Waals surface area contributed by atoms with Crippen molar-refractivity contribution in [3.8, 4) is 0 Å². The Morgan fingerprint density at radius 1 is 1.32 bits per heavy atom. The molecule has 114 valence electrons. The van der Waals surface area contributed by atoms with Crippen LogP contribution in [0.2, 0.25) is 0 Å². The lowest BCUT2D eigenvalue weighted by molar-refractivity contribution is -0.384. The first-order valence-corrected chi connectivity index (χ1v) is 6.24. The Kier molecular flexibility index (Phi) is 4.40. The van der Waals surface area contributed by atoms with E-state index in [-0.39, 0.29) is 11.5 Å². The highest BCUT2D eigenvalue weighted by molar-refractivity contribution is 5.99. The molecule has 2 rings (SSSR count). The van der Waals surface area contributed by atoms with Gasteiger partial charge in [0.05, 0.1) is 10.6 Å². The maximum atomic E-state index is 13.2. The predicted molar refractivity (Wildman–Crippen MR) is 77.9 cm³/mol. The monoisotopic (exact) mass is 306 g/mol. The van der Waals surface area contributed by atoms with Crippen molar-refractivity contribution < 1.29 is 13.7 Å². The number of pyridine rings is 1. The number of halogens is 2. The smallest absolute Gasteiger partial charge is 0.258 e. The lowest BCUT2D eigenvalue weighted by atomic mass is 10.1. The molecule has 1 aromatic carbocycles. The molecule has 0 fully saturated rings. The maximum Gasteiger partial charge on any atom is 0.313 e. The zero-order valence-electron chi connectivity index (χ0n) is 11.8. The third-order valence-electron chi connectivity index (χ3n) is 2.91. The van der Waals surface area contributed by atoms with E-state index in [2.05, 4.69) is 10.1 Å². The van der Waals surface area contributed by atoms with E-state index in [1.165, 1.54) is 36.5 Å². The van der Waals surface area contributed by atoms with Crippen molar-refractivity contribution in [2.45, 2.75) is 6.92 Å². The number of rotatable bonds is 4.